The Morgan fingerprint density at radius 2 is 1.87 bits per heavy atom. The second-order valence-electron chi connectivity index (χ2n) is 7.56. The summed E-state index contributed by atoms with van der Waals surface area (Å²) in [6.45, 7) is 6.43. The monoisotopic (exact) mass is 434 g/mol. The minimum Gasteiger partial charge on any atom is -0.374 e. The summed E-state index contributed by atoms with van der Waals surface area (Å²) in [5.74, 6) is -1.95. The van der Waals surface area contributed by atoms with Crippen LogP contribution in [0, 0.1) is 0 Å². The third kappa shape index (κ3) is 5.79. The Bertz CT molecular complexity index is 875. The SMILES string of the molecule is CC.O=C(Nc1ccc2c(c1)CCCN2Cc1ccc(C2CCCO2)cc1)C(F)(F)F. The molecule has 1 N–H and O–H groups in total. The van der Waals surface area contributed by atoms with Crippen molar-refractivity contribution in [3.05, 3.63) is 59.2 Å². The second kappa shape index (κ2) is 10.2. The number of nitrogens with one attached hydrogen (secondary N) is 1. The standard InChI is InChI=1S/C22H23F3N2O2.C2H6/c23-22(24,25)21(28)26-18-9-10-19-17(13-18)3-1-11-27(19)14-15-5-7-16(8-6-15)20-4-2-12-29-20;1-2/h5-10,13,20H,1-4,11-12,14H2,(H,26,28);1-2H3. The highest BCUT2D eigenvalue weighted by atomic mass is 19.4. The van der Waals surface area contributed by atoms with Crippen molar-refractivity contribution in [2.24, 2.45) is 0 Å². The van der Waals surface area contributed by atoms with Crippen molar-refractivity contribution in [3.8, 4) is 0 Å². The fraction of sp³-hybridized carbons (Fsp3) is 0.458. The third-order valence-corrected chi connectivity index (χ3v) is 5.46. The molecule has 7 heteroatoms. The third-order valence-electron chi connectivity index (χ3n) is 5.46. The van der Waals surface area contributed by atoms with Gasteiger partial charge in [0.25, 0.3) is 0 Å². The number of nitrogens with zero attached hydrogens (tertiary/aromatic N) is 1. The molecule has 0 aliphatic carbocycles. The number of alkyl halides is 3. The summed E-state index contributed by atoms with van der Waals surface area (Å²) < 4.78 is 43.2. The maximum Gasteiger partial charge on any atom is 0.471 e. The van der Waals surface area contributed by atoms with Crippen molar-refractivity contribution in [2.75, 3.05) is 23.4 Å². The molecular formula is C24H29F3N2O2. The van der Waals surface area contributed by atoms with Crippen LogP contribution in [0.25, 0.3) is 0 Å². The Hall–Kier alpha value is -2.54. The van der Waals surface area contributed by atoms with Gasteiger partial charge in [-0.05, 0) is 60.6 Å². The van der Waals surface area contributed by atoms with Crippen LogP contribution in [0.4, 0.5) is 24.5 Å². The summed E-state index contributed by atoms with van der Waals surface area (Å²) in [4.78, 5) is 13.4. The molecule has 0 aromatic heterocycles. The van der Waals surface area contributed by atoms with Gasteiger partial charge in [-0.1, -0.05) is 38.1 Å². The Balaban J connectivity index is 0.00000132. The number of rotatable bonds is 4. The lowest BCUT2D eigenvalue weighted by Gasteiger charge is -2.32. The van der Waals surface area contributed by atoms with Gasteiger partial charge in [-0.25, -0.2) is 0 Å². The van der Waals surface area contributed by atoms with Gasteiger partial charge >= 0.3 is 12.1 Å². The van der Waals surface area contributed by atoms with E-state index in [4.69, 9.17) is 4.74 Å². The molecule has 0 spiro atoms. The van der Waals surface area contributed by atoms with E-state index in [0.29, 0.717) is 0 Å². The molecule has 0 bridgehead atoms. The number of ether oxygens (including phenoxy) is 1. The fourth-order valence-corrected chi connectivity index (χ4v) is 4.02. The van der Waals surface area contributed by atoms with Gasteiger partial charge in [0.1, 0.15) is 0 Å². The van der Waals surface area contributed by atoms with E-state index in [1.165, 1.54) is 17.2 Å². The number of halogens is 3. The van der Waals surface area contributed by atoms with Gasteiger partial charge in [0.15, 0.2) is 0 Å². The van der Waals surface area contributed by atoms with Crippen LogP contribution in [0.15, 0.2) is 42.5 Å². The largest absolute Gasteiger partial charge is 0.471 e. The number of benzene rings is 2. The molecule has 2 aliphatic rings. The number of fused-ring (bicyclic) bond motifs is 1. The van der Waals surface area contributed by atoms with Crippen molar-refractivity contribution >= 4 is 17.3 Å². The first-order valence-electron chi connectivity index (χ1n) is 10.9. The number of hydrogen-bond acceptors (Lipinski definition) is 3. The van der Waals surface area contributed by atoms with E-state index >= 15 is 0 Å². The first kappa shape index (κ1) is 23.1. The fourth-order valence-electron chi connectivity index (χ4n) is 4.02. The lowest BCUT2D eigenvalue weighted by atomic mass is 9.99. The van der Waals surface area contributed by atoms with E-state index in [1.54, 1.807) is 12.1 Å². The highest BCUT2D eigenvalue weighted by Gasteiger charge is 2.38. The van der Waals surface area contributed by atoms with Crippen molar-refractivity contribution in [3.63, 3.8) is 0 Å². The van der Waals surface area contributed by atoms with Crippen molar-refractivity contribution < 1.29 is 22.7 Å². The van der Waals surface area contributed by atoms with E-state index in [1.807, 2.05) is 19.2 Å². The molecule has 1 fully saturated rings. The Morgan fingerprint density at radius 3 is 2.52 bits per heavy atom. The number of hydrogen-bond donors (Lipinski definition) is 1. The number of amides is 1. The Labute approximate surface area is 181 Å². The van der Waals surface area contributed by atoms with Crippen LogP contribution < -0.4 is 10.2 Å². The van der Waals surface area contributed by atoms with Gasteiger partial charge in [0.2, 0.25) is 0 Å². The predicted octanol–water partition coefficient (Wildman–Crippen LogP) is 6.02. The molecule has 1 unspecified atom stereocenters. The zero-order valence-corrected chi connectivity index (χ0v) is 18.0. The molecule has 1 saturated heterocycles. The molecule has 2 aromatic carbocycles. The zero-order chi connectivity index (χ0) is 22.4. The van der Waals surface area contributed by atoms with E-state index in [9.17, 15) is 18.0 Å². The first-order chi connectivity index (χ1) is 14.9. The van der Waals surface area contributed by atoms with Gasteiger partial charge in [0.05, 0.1) is 6.10 Å². The summed E-state index contributed by atoms with van der Waals surface area (Å²) in [5.41, 5.74) is 4.51. The average Bonchev–Trinajstić information content (AvgIpc) is 3.30. The molecule has 4 nitrogen and oxygen atoms in total. The quantitative estimate of drug-likeness (QED) is 0.640. The van der Waals surface area contributed by atoms with Gasteiger partial charge in [0, 0.05) is 31.1 Å². The minimum absolute atomic E-state index is 0.175. The summed E-state index contributed by atoms with van der Waals surface area (Å²) in [6.07, 6.45) is -0.839. The van der Waals surface area contributed by atoms with Crippen LogP contribution in [-0.2, 0) is 22.5 Å². The molecule has 0 saturated carbocycles. The van der Waals surface area contributed by atoms with E-state index in [-0.39, 0.29) is 11.8 Å². The normalized spacial score (nSPS) is 18.1. The summed E-state index contributed by atoms with van der Waals surface area (Å²) in [7, 11) is 0. The lowest BCUT2D eigenvalue weighted by Crippen LogP contribution is -2.31. The van der Waals surface area contributed by atoms with Crippen LogP contribution in [0.1, 0.15) is 55.9 Å². The van der Waals surface area contributed by atoms with Crippen LogP contribution in [-0.4, -0.2) is 25.2 Å². The molecule has 1 amide bonds. The Morgan fingerprint density at radius 1 is 1.13 bits per heavy atom. The van der Waals surface area contributed by atoms with Crippen LogP contribution >= 0.6 is 0 Å². The van der Waals surface area contributed by atoms with Gasteiger partial charge in [-0.3, -0.25) is 4.79 Å². The highest BCUT2D eigenvalue weighted by molar-refractivity contribution is 5.95. The number of anilines is 2. The highest BCUT2D eigenvalue weighted by Crippen LogP contribution is 2.32. The number of carbonyl (C=O) groups excluding carboxylic acids is 1. The van der Waals surface area contributed by atoms with Crippen molar-refractivity contribution in [2.45, 2.75) is 58.4 Å². The smallest absolute Gasteiger partial charge is 0.374 e. The van der Waals surface area contributed by atoms with Crippen molar-refractivity contribution in [1.82, 2.24) is 0 Å². The van der Waals surface area contributed by atoms with Gasteiger partial charge in [-0.2, -0.15) is 13.2 Å². The molecule has 31 heavy (non-hydrogen) atoms. The average molecular weight is 435 g/mol. The maximum atomic E-state index is 12.5. The predicted molar refractivity (Wildman–Crippen MR) is 116 cm³/mol. The summed E-state index contributed by atoms with van der Waals surface area (Å²) in [6, 6.07) is 13.4. The van der Waals surface area contributed by atoms with Crippen LogP contribution in [0.3, 0.4) is 0 Å². The van der Waals surface area contributed by atoms with Crippen molar-refractivity contribution in [1.29, 1.82) is 0 Å². The summed E-state index contributed by atoms with van der Waals surface area (Å²) >= 11 is 0. The van der Waals surface area contributed by atoms with Crippen LogP contribution in [0.2, 0.25) is 0 Å². The van der Waals surface area contributed by atoms with E-state index in [0.717, 1.165) is 56.6 Å². The zero-order valence-electron chi connectivity index (χ0n) is 18.0. The molecule has 4 rings (SSSR count). The topological polar surface area (TPSA) is 41.6 Å². The summed E-state index contributed by atoms with van der Waals surface area (Å²) in [5, 5.41) is 1.94. The van der Waals surface area contributed by atoms with Gasteiger partial charge < -0.3 is 15.0 Å². The van der Waals surface area contributed by atoms with Crippen LogP contribution in [0.5, 0.6) is 0 Å². The van der Waals surface area contributed by atoms with E-state index < -0.39 is 12.1 Å². The van der Waals surface area contributed by atoms with E-state index in [2.05, 4.69) is 29.2 Å². The second-order valence-corrected chi connectivity index (χ2v) is 7.56. The molecule has 168 valence electrons. The van der Waals surface area contributed by atoms with Gasteiger partial charge in [-0.15, -0.1) is 0 Å². The minimum atomic E-state index is -4.89. The number of aryl methyl sites for hydroxylation is 1. The first-order valence-corrected chi connectivity index (χ1v) is 10.9. The molecule has 0 radical (unpaired) electrons. The Kier molecular flexibility index (Phi) is 7.59. The lowest BCUT2D eigenvalue weighted by molar-refractivity contribution is -0.167. The molecule has 1 atom stereocenters. The molecule has 2 heterocycles. The number of carbonyl (C=O) groups is 1. The molecule has 2 aromatic rings. The maximum absolute atomic E-state index is 12.5. The molecular weight excluding hydrogens is 405 g/mol. The molecule has 2 aliphatic heterocycles.